The largest absolute Gasteiger partial charge is 0.492 e. The zero-order chi connectivity index (χ0) is 16.7. The molecule has 120 valence electrons. The van der Waals surface area contributed by atoms with Crippen LogP contribution in [0.25, 0.3) is 17.1 Å². The van der Waals surface area contributed by atoms with Crippen molar-refractivity contribution in [2.75, 3.05) is 6.61 Å². The lowest BCUT2D eigenvalue weighted by Crippen LogP contribution is -2.41. The van der Waals surface area contributed by atoms with Crippen LogP contribution >= 0.6 is 0 Å². The van der Waals surface area contributed by atoms with Crippen LogP contribution in [0, 0.1) is 0 Å². The normalized spacial score (nSPS) is 20.2. The summed E-state index contributed by atoms with van der Waals surface area (Å²) in [7, 11) is -0.585. The van der Waals surface area contributed by atoms with E-state index in [2.05, 4.69) is 9.97 Å². The van der Waals surface area contributed by atoms with Gasteiger partial charge in [0.05, 0.1) is 40.7 Å². The van der Waals surface area contributed by atoms with Crippen molar-refractivity contribution < 1.29 is 14.4 Å². The lowest BCUT2D eigenvalue weighted by molar-refractivity contribution is 0.00578. The van der Waals surface area contributed by atoms with Crippen LogP contribution in [0.4, 0.5) is 0 Å². The highest BCUT2D eigenvalue weighted by atomic mass is 16.7. The van der Waals surface area contributed by atoms with Gasteiger partial charge in [-0.15, -0.1) is 0 Å². The van der Waals surface area contributed by atoms with Crippen molar-refractivity contribution in [2.24, 2.45) is 0 Å². The molecule has 3 rings (SSSR count). The molecule has 1 aliphatic heterocycles. The lowest BCUT2D eigenvalue weighted by Gasteiger charge is -2.32. The van der Waals surface area contributed by atoms with Gasteiger partial charge in [0.15, 0.2) is 0 Å². The predicted molar refractivity (Wildman–Crippen MR) is 90.7 cm³/mol. The number of benzene rings is 1. The first-order chi connectivity index (χ1) is 10.8. The smallest absolute Gasteiger partial charge is 0.400 e. The number of hydrogen-bond acceptors (Lipinski definition) is 5. The third-order valence-corrected chi connectivity index (χ3v) is 4.54. The third-order valence-electron chi connectivity index (χ3n) is 4.54. The van der Waals surface area contributed by atoms with Crippen LogP contribution < -0.4 is 0 Å². The maximum Gasteiger partial charge on any atom is 0.492 e. The van der Waals surface area contributed by atoms with Gasteiger partial charge in [0.25, 0.3) is 0 Å². The fourth-order valence-corrected chi connectivity index (χ4v) is 2.41. The van der Waals surface area contributed by atoms with Crippen molar-refractivity contribution in [1.82, 2.24) is 9.97 Å². The van der Waals surface area contributed by atoms with Crippen LogP contribution in [0.15, 0.2) is 35.9 Å². The van der Waals surface area contributed by atoms with E-state index in [1.807, 2.05) is 52.0 Å². The molecule has 0 unspecified atom stereocenters. The monoisotopic (exact) mass is 312 g/mol. The average molecular weight is 312 g/mol. The Morgan fingerprint density at radius 1 is 1.13 bits per heavy atom. The molecule has 0 saturated carbocycles. The molecule has 1 N–H and O–H groups in total. The molecular formula is C17H21BN2O3. The first-order valence-electron chi connectivity index (χ1n) is 7.71. The van der Waals surface area contributed by atoms with Gasteiger partial charge in [-0.25, -0.2) is 4.98 Å². The van der Waals surface area contributed by atoms with Gasteiger partial charge in [-0.1, -0.05) is 12.1 Å². The molecule has 6 heteroatoms. The third kappa shape index (κ3) is 3.02. The second-order valence-electron chi connectivity index (χ2n) is 6.75. The van der Waals surface area contributed by atoms with Gasteiger partial charge in [-0.2, -0.15) is 0 Å². The Bertz CT molecular complexity index is 742. The summed E-state index contributed by atoms with van der Waals surface area (Å²) in [6, 6.07) is 7.67. The predicted octanol–water partition coefficient (Wildman–Crippen LogP) is 2.64. The fraction of sp³-hybridized carbons (Fsp3) is 0.412. The first kappa shape index (κ1) is 16.1. The minimum Gasteiger partial charge on any atom is -0.400 e. The quantitative estimate of drug-likeness (QED) is 0.883. The number of nitrogens with zero attached hydrogens (tertiary/aromatic N) is 2. The Morgan fingerprint density at radius 2 is 1.74 bits per heavy atom. The number of fused-ring (bicyclic) bond motifs is 1. The molecule has 1 saturated heterocycles. The van der Waals surface area contributed by atoms with E-state index in [1.54, 1.807) is 12.3 Å². The van der Waals surface area contributed by atoms with Crippen LogP contribution in [-0.4, -0.2) is 40.0 Å². The van der Waals surface area contributed by atoms with Gasteiger partial charge in [-0.3, -0.25) is 4.98 Å². The van der Waals surface area contributed by atoms with Crippen LogP contribution in [0.1, 0.15) is 33.4 Å². The zero-order valence-electron chi connectivity index (χ0n) is 13.9. The summed E-state index contributed by atoms with van der Waals surface area (Å²) < 4.78 is 12.0. The van der Waals surface area contributed by atoms with Crippen molar-refractivity contribution in [2.45, 2.75) is 38.9 Å². The number of aromatic nitrogens is 2. The molecule has 0 amide bonds. The summed E-state index contributed by atoms with van der Waals surface area (Å²) >= 11 is 0. The summed E-state index contributed by atoms with van der Waals surface area (Å²) in [5.41, 5.74) is 2.07. The van der Waals surface area contributed by atoms with Gasteiger partial charge in [0.1, 0.15) is 0 Å². The summed E-state index contributed by atoms with van der Waals surface area (Å²) in [5.74, 6) is 0. The van der Waals surface area contributed by atoms with E-state index < -0.39 is 18.3 Å². The van der Waals surface area contributed by atoms with E-state index in [1.165, 1.54) is 0 Å². The first-order valence-corrected chi connectivity index (χ1v) is 7.71. The number of para-hydroxylation sites is 2. The Morgan fingerprint density at radius 3 is 2.35 bits per heavy atom. The van der Waals surface area contributed by atoms with Crippen molar-refractivity contribution in [3.8, 4) is 0 Å². The van der Waals surface area contributed by atoms with Crippen molar-refractivity contribution in [1.29, 1.82) is 0 Å². The molecule has 1 aromatic carbocycles. The Balaban J connectivity index is 1.92. The molecule has 0 aliphatic carbocycles. The van der Waals surface area contributed by atoms with Crippen LogP contribution in [-0.2, 0) is 9.31 Å². The molecule has 0 radical (unpaired) electrons. The summed E-state index contributed by atoms with van der Waals surface area (Å²) in [5, 5.41) is 9.72. The Hall–Kier alpha value is -1.76. The van der Waals surface area contributed by atoms with Crippen molar-refractivity contribution in [3.63, 3.8) is 0 Å². The molecule has 1 aliphatic rings. The maximum atomic E-state index is 9.72. The summed E-state index contributed by atoms with van der Waals surface area (Å²) in [6.07, 6.45) is 3.46. The van der Waals surface area contributed by atoms with E-state index >= 15 is 0 Å². The molecule has 0 bridgehead atoms. The van der Waals surface area contributed by atoms with Gasteiger partial charge >= 0.3 is 7.12 Å². The second-order valence-corrected chi connectivity index (χ2v) is 6.75. The van der Waals surface area contributed by atoms with Crippen molar-refractivity contribution in [3.05, 3.63) is 41.6 Å². The molecule has 2 aromatic rings. The number of aliphatic hydroxyl groups excluding tert-OH is 1. The topological polar surface area (TPSA) is 64.5 Å². The fourth-order valence-electron chi connectivity index (χ4n) is 2.41. The van der Waals surface area contributed by atoms with E-state index in [-0.39, 0.29) is 6.61 Å². The average Bonchev–Trinajstić information content (AvgIpc) is 2.72. The van der Waals surface area contributed by atoms with Gasteiger partial charge in [0.2, 0.25) is 0 Å². The molecule has 0 spiro atoms. The molecule has 2 heterocycles. The van der Waals surface area contributed by atoms with E-state index in [0.717, 1.165) is 11.0 Å². The minimum absolute atomic E-state index is 0.161. The molecule has 0 atom stereocenters. The van der Waals surface area contributed by atoms with Gasteiger partial charge in [-0.05, 0) is 51.4 Å². The Kier molecular flexibility index (Phi) is 4.00. The minimum atomic E-state index is -0.585. The lowest BCUT2D eigenvalue weighted by atomic mass is 9.78. The SMILES string of the molecule is CC1(C)OB(C(=Cc2cnc3ccccc3n2)CO)OC1(C)C. The van der Waals surface area contributed by atoms with Gasteiger partial charge in [0, 0.05) is 0 Å². The molecule has 1 aromatic heterocycles. The zero-order valence-corrected chi connectivity index (χ0v) is 13.9. The van der Waals surface area contributed by atoms with Crippen molar-refractivity contribution >= 4 is 24.2 Å². The highest BCUT2D eigenvalue weighted by Crippen LogP contribution is 2.38. The number of hydrogen-bond donors (Lipinski definition) is 1. The molecule has 23 heavy (non-hydrogen) atoms. The van der Waals surface area contributed by atoms with Crippen LogP contribution in [0.3, 0.4) is 0 Å². The van der Waals surface area contributed by atoms with E-state index in [9.17, 15) is 5.11 Å². The highest BCUT2D eigenvalue weighted by molar-refractivity contribution is 6.55. The van der Waals surface area contributed by atoms with Crippen LogP contribution in [0.5, 0.6) is 0 Å². The Labute approximate surface area is 136 Å². The second kappa shape index (κ2) is 5.71. The number of rotatable bonds is 3. The molecule has 1 fully saturated rings. The van der Waals surface area contributed by atoms with Crippen LogP contribution in [0.2, 0.25) is 0 Å². The maximum absolute atomic E-state index is 9.72. The molecular weight excluding hydrogens is 291 g/mol. The summed E-state index contributed by atoms with van der Waals surface area (Å²) in [6.45, 7) is 7.77. The highest BCUT2D eigenvalue weighted by Gasteiger charge is 2.52. The van der Waals surface area contributed by atoms with Gasteiger partial charge < -0.3 is 14.4 Å². The van der Waals surface area contributed by atoms with E-state index in [4.69, 9.17) is 9.31 Å². The van der Waals surface area contributed by atoms with E-state index in [0.29, 0.717) is 11.2 Å². The molecule has 5 nitrogen and oxygen atoms in total. The number of aliphatic hydroxyl groups is 1. The summed E-state index contributed by atoms with van der Waals surface area (Å²) in [4.78, 5) is 8.93. The standard InChI is InChI=1S/C17H21BN2O3/c1-16(2)17(3,4)23-18(22-16)12(11-21)9-13-10-19-14-7-5-6-8-15(14)20-13/h5-10,21H,11H2,1-4H3.